The first-order chi connectivity index (χ1) is 22.3. The van der Waals surface area contributed by atoms with Crippen LogP contribution >= 0.6 is 17.0 Å². The number of aryl methyl sites for hydroxylation is 3. The van der Waals surface area contributed by atoms with Crippen molar-refractivity contribution >= 4 is 45.9 Å². The Labute approximate surface area is 290 Å². The van der Waals surface area contributed by atoms with Crippen LogP contribution in [0.4, 0.5) is 0 Å². The van der Waals surface area contributed by atoms with Gasteiger partial charge in [0.1, 0.15) is 0 Å². The average Bonchev–Trinajstić information content (AvgIpc) is 3.62. The zero-order valence-corrected chi connectivity index (χ0v) is 34.0. The van der Waals surface area contributed by atoms with E-state index in [9.17, 15) is 0 Å². The third-order valence-corrected chi connectivity index (χ3v) is 63.3. The third-order valence-electron chi connectivity index (χ3n) is 11.4. The van der Waals surface area contributed by atoms with Crippen LogP contribution in [0.15, 0.2) is 102 Å². The van der Waals surface area contributed by atoms with Gasteiger partial charge in [0, 0.05) is 0 Å². The molecule has 0 bridgehead atoms. The molecule has 4 heteroatoms. The molecular weight excluding hydrogens is 707 g/mol. The maximum atomic E-state index is 8.71. The summed E-state index contributed by atoms with van der Waals surface area (Å²) in [6, 6.07) is 33.6. The standard InChI is InChI=1S/C21H17.C20H21.C2H7Si.2ClH.Zr/c1-14-12-20-15(2)10-11-19(21(20)13-14)18-9-5-7-16-6-3-4-8-17(16)18;1-13(2)17-11-16-9-6-10-18(19(16)12-17)20-14(3)7-5-8-15(20)4;1-3-2;;;/h3-13H,1-2H3;5-13H,1-4H3;3H,1-2H3;2*1H;/q;;;;;+2/p-2. The number of halogens is 2. The van der Waals surface area contributed by atoms with Crippen molar-refractivity contribution in [2.45, 2.75) is 61.9 Å². The molecule has 2 unspecified atom stereocenters. The fourth-order valence-corrected chi connectivity index (χ4v) is 41.3. The van der Waals surface area contributed by atoms with E-state index in [-0.39, 0.29) is 7.25 Å². The van der Waals surface area contributed by atoms with Crippen molar-refractivity contribution in [3.05, 3.63) is 141 Å². The predicted molar refractivity (Wildman–Crippen MR) is 208 cm³/mol. The molecule has 5 aromatic carbocycles. The monoisotopic (exact) mass is 749 g/mol. The molecule has 7 rings (SSSR count). The molecule has 0 fully saturated rings. The van der Waals surface area contributed by atoms with Gasteiger partial charge < -0.3 is 0 Å². The molecular formula is C43H45Cl2SiZr. The van der Waals surface area contributed by atoms with E-state index in [4.69, 9.17) is 17.0 Å². The Morgan fingerprint density at radius 1 is 0.617 bits per heavy atom. The molecule has 0 N–H and O–H groups in total. The number of fused-ring (bicyclic) bond motifs is 3. The number of hydrogen-bond acceptors (Lipinski definition) is 0. The molecule has 2 aliphatic rings. The molecule has 2 atom stereocenters. The molecule has 239 valence electrons. The molecule has 0 radical (unpaired) electrons. The van der Waals surface area contributed by atoms with Gasteiger partial charge in [-0.05, 0) is 0 Å². The first kappa shape index (κ1) is 33.0. The second-order valence-electron chi connectivity index (χ2n) is 14.8. The zero-order chi connectivity index (χ0) is 33.4. The van der Waals surface area contributed by atoms with Crippen LogP contribution in [0.3, 0.4) is 0 Å². The Morgan fingerprint density at radius 3 is 1.96 bits per heavy atom. The minimum atomic E-state index is -4.88. The van der Waals surface area contributed by atoms with E-state index in [1.165, 1.54) is 83.1 Å². The van der Waals surface area contributed by atoms with Crippen LogP contribution < -0.4 is 0 Å². The second kappa shape index (κ2) is 11.8. The molecule has 0 heterocycles. The second-order valence-corrected chi connectivity index (χ2v) is 57.3. The van der Waals surface area contributed by atoms with Crippen LogP contribution in [0.25, 0.3) is 45.2 Å². The van der Waals surface area contributed by atoms with Gasteiger partial charge in [0.15, 0.2) is 0 Å². The molecule has 2 aliphatic carbocycles. The molecule has 0 saturated heterocycles. The Hall–Kier alpha value is -2.48. The van der Waals surface area contributed by atoms with E-state index < -0.39 is 21.5 Å². The number of benzene rings is 5. The molecule has 0 amide bonds. The normalized spacial score (nSPS) is 18.3. The molecule has 47 heavy (non-hydrogen) atoms. The summed E-state index contributed by atoms with van der Waals surface area (Å²) in [6.45, 7) is 18.6. The van der Waals surface area contributed by atoms with Gasteiger partial charge in [-0.15, -0.1) is 0 Å². The van der Waals surface area contributed by atoms with Crippen molar-refractivity contribution < 1.29 is 15.6 Å². The fraction of sp³-hybridized carbons (Fsp3) is 0.256. The summed E-state index contributed by atoms with van der Waals surface area (Å²) in [6.07, 6.45) is 4.94. The summed E-state index contributed by atoms with van der Waals surface area (Å²) in [5.74, 6) is -1.32. The van der Waals surface area contributed by atoms with Gasteiger partial charge in [-0.3, -0.25) is 0 Å². The number of rotatable bonds is 6. The van der Waals surface area contributed by atoms with Gasteiger partial charge in [-0.2, -0.15) is 0 Å². The summed E-state index contributed by atoms with van der Waals surface area (Å²) >= 11 is -4.88. The predicted octanol–water partition coefficient (Wildman–Crippen LogP) is 13.3. The van der Waals surface area contributed by atoms with Gasteiger partial charge in [-0.1, -0.05) is 0 Å². The quantitative estimate of drug-likeness (QED) is 0.152. The van der Waals surface area contributed by atoms with Crippen molar-refractivity contribution in [1.82, 2.24) is 0 Å². The molecule has 0 saturated carbocycles. The van der Waals surface area contributed by atoms with Gasteiger partial charge >= 0.3 is 293 Å². The van der Waals surface area contributed by atoms with Gasteiger partial charge in [-0.25, -0.2) is 0 Å². The summed E-state index contributed by atoms with van der Waals surface area (Å²) in [5.41, 5.74) is 17.3. The third kappa shape index (κ3) is 4.92. The molecule has 0 aliphatic heterocycles. The van der Waals surface area contributed by atoms with Crippen LogP contribution in [0.2, 0.25) is 13.1 Å². The van der Waals surface area contributed by atoms with Gasteiger partial charge in [0.2, 0.25) is 0 Å². The molecule has 0 nitrogen and oxygen atoms in total. The van der Waals surface area contributed by atoms with Crippen LogP contribution in [0.5, 0.6) is 0 Å². The summed E-state index contributed by atoms with van der Waals surface area (Å²) in [7, 11) is 17.4. The average molecular weight is 752 g/mol. The van der Waals surface area contributed by atoms with E-state index in [1.807, 2.05) is 0 Å². The van der Waals surface area contributed by atoms with Crippen molar-refractivity contribution in [2.24, 2.45) is 5.92 Å². The number of allylic oxidation sites excluding steroid dienone is 2. The summed E-state index contributed by atoms with van der Waals surface area (Å²) in [5, 5.41) is 2.54. The van der Waals surface area contributed by atoms with E-state index in [1.54, 1.807) is 0 Å². The summed E-state index contributed by atoms with van der Waals surface area (Å²) < 4.78 is 0.143. The maximum absolute atomic E-state index is 8.71. The topological polar surface area (TPSA) is 0 Å². The first-order valence-corrected chi connectivity index (χ1v) is 33.4. The van der Waals surface area contributed by atoms with Gasteiger partial charge in [0.25, 0.3) is 0 Å². The SMILES string of the molecule is CC1=Cc2c(-c3cccc4ccccc34)ccc(C)c2[CH]1[Zr]([Cl])([Cl])([CH]1C(C(C)C)=Cc2c(-c3c(C)cccc3C)cccc21)[SiH](C)C. The first-order valence-electron chi connectivity index (χ1n) is 17.1. The van der Waals surface area contributed by atoms with Crippen LogP contribution in [0, 0.1) is 26.7 Å². The van der Waals surface area contributed by atoms with Crippen LogP contribution in [-0.4, -0.2) is 5.92 Å². The Bertz CT molecular complexity index is 2130. The minimum absolute atomic E-state index is 0.0679. The Kier molecular flexibility index (Phi) is 8.32. The van der Waals surface area contributed by atoms with Crippen molar-refractivity contribution in [2.75, 3.05) is 0 Å². The van der Waals surface area contributed by atoms with E-state index in [0.29, 0.717) is 5.92 Å². The Morgan fingerprint density at radius 2 is 1.26 bits per heavy atom. The van der Waals surface area contributed by atoms with Crippen LogP contribution in [-0.2, 0) is 15.6 Å². The Balaban J connectivity index is 1.49. The van der Waals surface area contributed by atoms with Crippen LogP contribution in [0.1, 0.15) is 67.0 Å². The summed E-state index contributed by atoms with van der Waals surface area (Å²) in [4.78, 5) is 0. The number of hydrogen-bond donors (Lipinski definition) is 0. The van der Waals surface area contributed by atoms with Crippen molar-refractivity contribution in [3.8, 4) is 22.3 Å². The fourth-order valence-electron chi connectivity index (χ4n) is 9.06. The molecule has 0 aromatic heterocycles. The molecule has 5 aromatic rings. The van der Waals surface area contributed by atoms with Crippen molar-refractivity contribution in [1.29, 1.82) is 0 Å². The van der Waals surface area contributed by atoms with E-state index in [0.717, 1.165) is 0 Å². The van der Waals surface area contributed by atoms with Gasteiger partial charge in [0.05, 0.1) is 0 Å². The van der Waals surface area contributed by atoms with E-state index in [2.05, 4.69) is 158 Å². The zero-order valence-electron chi connectivity index (χ0n) is 28.9. The van der Waals surface area contributed by atoms with Crippen molar-refractivity contribution in [3.63, 3.8) is 0 Å². The van der Waals surface area contributed by atoms with E-state index >= 15 is 0 Å². The molecule has 0 spiro atoms.